The Morgan fingerprint density at radius 3 is 1.51 bits per heavy atom. The van der Waals surface area contributed by atoms with Crippen molar-refractivity contribution in [1.82, 2.24) is 0 Å². The second-order valence-corrected chi connectivity index (χ2v) is 15.6. The first-order valence-electron chi connectivity index (χ1n) is 22.1. The van der Waals surface area contributed by atoms with E-state index in [1.807, 2.05) is 21.1 Å². The Hall–Kier alpha value is -3.27. The Kier molecular flexibility index (Phi) is 37.3. The van der Waals surface area contributed by atoms with Crippen LogP contribution in [0.2, 0.25) is 0 Å². The van der Waals surface area contributed by atoms with Gasteiger partial charge in [-0.2, -0.15) is 0 Å². The average Bonchev–Trinajstić information content (AvgIpc) is 3.17. The largest absolute Gasteiger partial charge is 0.545 e. The molecule has 0 saturated carbocycles. The lowest BCUT2D eigenvalue weighted by Crippen LogP contribution is -2.44. The van der Waals surface area contributed by atoms with E-state index in [0.717, 1.165) is 89.9 Å². The molecular weight excluding hydrogens is 719 g/mol. The number of nitrogens with zero attached hydrogens (tertiary/aromatic N) is 1. The number of carboxylic acids is 1. The van der Waals surface area contributed by atoms with Crippen molar-refractivity contribution in [2.45, 2.75) is 167 Å². The Labute approximate surface area is 347 Å². The third kappa shape index (κ3) is 40.7. The minimum Gasteiger partial charge on any atom is -0.545 e. The molecule has 0 rings (SSSR count). The molecule has 57 heavy (non-hydrogen) atoms. The number of carbonyl (C=O) groups excluding carboxylic acids is 3. The highest BCUT2D eigenvalue weighted by atomic mass is 16.7. The number of carboxylic acid groups (broad SMARTS) is 1. The molecule has 326 valence electrons. The zero-order valence-corrected chi connectivity index (χ0v) is 36.7. The molecule has 0 radical (unpaired) electrons. The van der Waals surface area contributed by atoms with E-state index in [9.17, 15) is 19.5 Å². The Morgan fingerprint density at radius 1 is 0.544 bits per heavy atom. The van der Waals surface area contributed by atoms with E-state index in [1.165, 1.54) is 25.7 Å². The molecule has 0 spiro atoms. The summed E-state index contributed by atoms with van der Waals surface area (Å²) in [6.45, 7) is 4.52. The summed E-state index contributed by atoms with van der Waals surface area (Å²) in [5.41, 5.74) is 0. The summed E-state index contributed by atoms with van der Waals surface area (Å²) in [7, 11) is 5.88. The van der Waals surface area contributed by atoms with Gasteiger partial charge in [0.25, 0.3) is 0 Å². The van der Waals surface area contributed by atoms with Crippen molar-refractivity contribution in [3.05, 3.63) is 72.9 Å². The number of quaternary nitrogens is 1. The Morgan fingerprint density at radius 2 is 1.00 bits per heavy atom. The molecule has 0 bridgehead atoms. The molecule has 9 heteroatoms. The number of hydrogen-bond acceptors (Lipinski definition) is 8. The third-order valence-electron chi connectivity index (χ3n) is 8.94. The molecule has 0 aliphatic carbocycles. The van der Waals surface area contributed by atoms with Crippen molar-refractivity contribution in [3.63, 3.8) is 0 Å². The minimum atomic E-state index is -1.63. The van der Waals surface area contributed by atoms with Gasteiger partial charge in [0, 0.05) is 12.8 Å². The lowest BCUT2D eigenvalue weighted by Gasteiger charge is -2.26. The number of allylic oxidation sites excluding steroid dienone is 12. The number of esters is 2. The van der Waals surface area contributed by atoms with Gasteiger partial charge in [-0.05, 0) is 83.5 Å². The van der Waals surface area contributed by atoms with Gasteiger partial charge in [0.15, 0.2) is 12.4 Å². The van der Waals surface area contributed by atoms with Crippen LogP contribution >= 0.6 is 0 Å². The van der Waals surface area contributed by atoms with Gasteiger partial charge < -0.3 is 33.3 Å². The number of unbranched alkanes of at least 4 members (excludes halogenated alkanes) is 12. The number of likely N-dealkylation sites (N-methyl/N-ethyl adjacent to an activating group) is 1. The van der Waals surface area contributed by atoms with Crippen LogP contribution in [0.3, 0.4) is 0 Å². The summed E-state index contributed by atoms with van der Waals surface area (Å²) < 4.78 is 22.5. The van der Waals surface area contributed by atoms with E-state index >= 15 is 0 Å². The Bertz CT molecular complexity index is 1160. The summed E-state index contributed by atoms with van der Waals surface area (Å²) in [5, 5.41) is 11.7. The molecule has 0 fully saturated rings. The number of ether oxygens (including phenoxy) is 4. The van der Waals surface area contributed by atoms with Crippen molar-refractivity contribution < 1.29 is 42.9 Å². The molecule has 0 saturated heterocycles. The number of aliphatic carboxylic acids is 1. The van der Waals surface area contributed by atoms with Gasteiger partial charge in [0.05, 0.1) is 40.3 Å². The first-order valence-corrected chi connectivity index (χ1v) is 22.1. The number of hydrogen-bond donors (Lipinski definition) is 0. The molecule has 9 nitrogen and oxygen atoms in total. The lowest BCUT2D eigenvalue weighted by molar-refractivity contribution is -0.870. The second-order valence-electron chi connectivity index (χ2n) is 15.6. The maximum Gasteiger partial charge on any atom is 0.306 e. The maximum atomic E-state index is 12.7. The fourth-order valence-corrected chi connectivity index (χ4v) is 5.49. The van der Waals surface area contributed by atoms with Crippen LogP contribution in [0, 0.1) is 0 Å². The van der Waals surface area contributed by atoms with Gasteiger partial charge in [-0.15, -0.1) is 0 Å². The number of carbonyl (C=O) groups is 3. The predicted octanol–water partition coefficient (Wildman–Crippen LogP) is 10.2. The van der Waals surface area contributed by atoms with Gasteiger partial charge in [-0.25, -0.2) is 0 Å². The van der Waals surface area contributed by atoms with Crippen LogP contribution in [-0.4, -0.2) is 82.3 Å². The zero-order chi connectivity index (χ0) is 42.1. The molecule has 0 aromatic heterocycles. The topological polar surface area (TPSA) is 111 Å². The van der Waals surface area contributed by atoms with Gasteiger partial charge in [0.2, 0.25) is 0 Å². The van der Waals surface area contributed by atoms with Crippen LogP contribution in [-0.2, 0) is 33.3 Å². The first kappa shape index (κ1) is 53.7. The van der Waals surface area contributed by atoms with Crippen LogP contribution in [0.1, 0.15) is 155 Å². The van der Waals surface area contributed by atoms with E-state index in [1.54, 1.807) is 0 Å². The van der Waals surface area contributed by atoms with Crippen molar-refractivity contribution in [3.8, 4) is 0 Å². The minimum absolute atomic E-state index is 0.136. The summed E-state index contributed by atoms with van der Waals surface area (Å²) in [6.07, 6.45) is 45.0. The van der Waals surface area contributed by atoms with E-state index in [2.05, 4.69) is 86.8 Å². The quantitative estimate of drug-likeness (QED) is 0.0199. The molecule has 0 aromatic carbocycles. The van der Waals surface area contributed by atoms with E-state index in [0.29, 0.717) is 23.9 Å². The fourth-order valence-electron chi connectivity index (χ4n) is 5.49. The number of rotatable bonds is 39. The van der Waals surface area contributed by atoms with Crippen molar-refractivity contribution in [2.24, 2.45) is 0 Å². The van der Waals surface area contributed by atoms with Crippen molar-refractivity contribution in [2.75, 3.05) is 47.5 Å². The van der Waals surface area contributed by atoms with Crippen molar-refractivity contribution in [1.29, 1.82) is 0 Å². The highest BCUT2D eigenvalue weighted by molar-refractivity contribution is 5.70. The monoisotopic (exact) mass is 800 g/mol. The molecule has 0 heterocycles. The van der Waals surface area contributed by atoms with Gasteiger partial charge in [-0.1, -0.05) is 132 Å². The fraction of sp³-hybridized carbons (Fsp3) is 0.688. The summed E-state index contributed by atoms with van der Waals surface area (Å²) in [4.78, 5) is 36.9. The van der Waals surface area contributed by atoms with Crippen LogP contribution in [0.25, 0.3) is 0 Å². The van der Waals surface area contributed by atoms with Crippen LogP contribution in [0.4, 0.5) is 0 Å². The summed E-state index contributed by atoms with van der Waals surface area (Å²) >= 11 is 0. The molecular formula is C48H81NO8. The second kappa shape index (κ2) is 39.6. The highest BCUT2D eigenvalue weighted by Crippen LogP contribution is 2.12. The van der Waals surface area contributed by atoms with Crippen molar-refractivity contribution >= 4 is 17.9 Å². The molecule has 2 atom stereocenters. The molecule has 0 N–H and O–H groups in total. The summed E-state index contributed by atoms with van der Waals surface area (Å²) in [5.74, 6) is -2.35. The molecule has 0 aliphatic rings. The van der Waals surface area contributed by atoms with Crippen LogP contribution in [0.5, 0.6) is 0 Å². The molecule has 0 aromatic rings. The zero-order valence-electron chi connectivity index (χ0n) is 36.7. The van der Waals surface area contributed by atoms with E-state index in [4.69, 9.17) is 18.9 Å². The molecule has 0 aliphatic heterocycles. The van der Waals surface area contributed by atoms with Gasteiger partial charge in [0.1, 0.15) is 13.2 Å². The lowest BCUT2D eigenvalue weighted by atomic mass is 10.1. The van der Waals surface area contributed by atoms with Crippen LogP contribution in [0.15, 0.2) is 72.9 Å². The third-order valence-corrected chi connectivity index (χ3v) is 8.94. The Balaban J connectivity index is 4.52. The van der Waals surface area contributed by atoms with E-state index < -0.39 is 30.3 Å². The molecule has 2 unspecified atom stereocenters. The maximum absolute atomic E-state index is 12.7. The van der Waals surface area contributed by atoms with Gasteiger partial charge in [-0.3, -0.25) is 9.59 Å². The summed E-state index contributed by atoms with van der Waals surface area (Å²) in [6, 6.07) is 0. The standard InChI is InChI=1S/C48H81NO8/c1-6-8-10-12-14-16-18-20-21-22-23-24-25-27-29-31-33-35-37-39-46(51)57-44(43-56-48(47(52)53)54-41-40-49(3,4)5)42-55-45(50)38-36-34-32-30-28-26-19-17-15-13-11-9-7-2/h9,11,14-17,20-21,23-24,26,28,44,48H,6-8,10,12-13,18-19,22,25,27,29-43H2,1-5H3/b11-9-,16-14-,17-15-,21-20-,24-23-,28-26-. The smallest absolute Gasteiger partial charge is 0.306 e. The normalized spacial score (nSPS) is 13.6. The van der Waals surface area contributed by atoms with Crippen LogP contribution < -0.4 is 5.11 Å². The highest BCUT2D eigenvalue weighted by Gasteiger charge is 2.21. The predicted molar refractivity (Wildman–Crippen MR) is 232 cm³/mol. The average molecular weight is 800 g/mol. The first-order chi connectivity index (χ1) is 27.6. The SMILES string of the molecule is CC/C=C\C/C=C\C/C=C\CCCCCC(=O)OCC(COC(OCC[N+](C)(C)C)C(=O)[O-])OC(=O)CCCCCCCC/C=C\C/C=C\C/C=C\CCCCC. The molecule has 0 amide bonds. The van der Waals surface area contributed by atoms with E-state index in [-0.39, 0.29) is 32.7 Å². The van der Waals surface area contributed by atoms with Gasteiger partial charge >= 0.3 is 11.9 Å².